The Bertz CT molecular complexity index is 501. The second-order valence-corrected chi connectivity index (χ2v) is 3.53. The van der Waals surface area contributed by atoms with Gasteiger partial charge in [0.1, 0.15) is 5.69 Å². The van der Waals surface area contributed by atoms with E-state index >= 15 is 0 Å². The lowest BCUT2D eigenvalue weighted by Crippen LogP contribution is -2.20. The van der Waals surface area contributed by atoms with Gasteiger partial charge in [-0.2, -0.15) is 0 Å². The molecule has 0 aromatic heterocycles. The third kappa shape index (κ3) is 4.06. The number of hydrogen-bond acceptors (Lipinski definition) is 6. The largest absolute Gasteiger partial charge is 0.545 e. The number of rotatable bonds is 4. The Morgan fingerprint density at radius 1 is 1.33 bits per heavy atom. The van der Waals surface area contributed by atoms with Crippen LogP contribution in [0.4, 0.5) is 11.4 Å². The molecule has 1 amide bonds. The molecule has 0 aliphatic heterocycles. The fourth-order valence-electron chi connectivity index (χ4n) is 1.09. The number of aliphatic carboxylic acids is 1. The van der Waals surface area contributed by atoms with Crippen molar-refractivity contribution in [3.63, 3.8) is 0 Å². The molecule has 0 spiro atoms. The monoisotopic (exact) mass is 271 g/mol. The first kappa shape index (κ1) is 14.0. The number of hydrogen-bond donors (Lipinski definition) is 3. The van der Waals surface area contributed by atoms with Crippen LogP contribution in [0.2, 0.25) is 5.02 Å². The van der Waals surface area contributed by atoms with E-state index in [0.29, 0.717) is 6.08 Å². The van der Waals surface area contributed by atoms with Crippen molar-refractivity contribution in [1.82, 2.24) is 0 Å². The highest BCUT2D eigenvalue weighted by Gasteiger charge is 2.10. The fraction of sp³-hybridized carbons (Fsp3) is 0. The first-order valence-corrected chi connectivity index (χ1v) is 4.95. The van der Waals surface area contributed by atoms with E-state index in [4.69, 9.17) is 22.0 Å². The Morgan fingerprint density at radius 2 is 2.00 bits per heavy atom. The summed E-state index contributed by atoms with van der Waals surface area (Å²) >= 11 is 5.64. The molecule has 7 nitrogen and oxygen atoms in total. The van der Waals surface area contributed by atoms with Crippen LogP contribution in [0.25, 0.3) is 0 Å². The number of benzene rings is 1. The molecule has 0 bridgehead atoms. The minimum Gasteiger partial charge on any atom is -0.545 e. The van der Waals surface area contributed by atoms with Crippen LogP contribution in [-0.4, -0.2) is 22.3 Å². The van der Waals surface area contributed by atoms with E-state index in [1.165, 1.54) is 18.2 Å². The van der Waals surface area contributed by atoms with Crippen LogP contribution in [0.5, 0.6) is 0 Å². The van der Waals surface area contributed by atoms with Crippen LogP contribution in [0, 0.1) is 0 Å². The van der Waals surface area contributed by atoms with E-state index in [9.17, 15) is 14.7 Å². The molecule has 18 heavy (non-hydrogen) atoms. The van der Waals surface area contributed by atoms with E-state index in [-0.39, 0.29) is 21.6 Å². The number of amides is 1. The number of carboxylic acid groups (broad SMARTS) is 1. The predicted octanol–water partition coefficient (Wildman–Crippen LogP) is 0.169. The summed E-state index contributed by atoms with van der Waals surface area (Å²) in [7, 11) is 0. The van der Waals surface area contributed by atoms with Crippen molar-refractivity contribution < 1.29 is 25.1 Å². The molecule has 3 N–H and O–H groups in total. The molecule has 0 saturated carbocycles. The van der Waals surface area contributed by atoms with Gasteiger partial charge >= 0.3 is 0 Å². The Labute approximate surface area is 106 Å². The Morgan fingerprint density at radius 3 is 2.56 bits per heavy atom. The third-order valence-corrected chi connectivity index (χ3v) is 2.04. The van der Waals surface area contributed by atoms with E-state index < -0.39 is 11.9 Å². The van der Waals surface area contributed by atoms with Gasteiger partial charge in [-0.15, -0.1) is 5.23 Å². The summed E-state index contributed by atoms with van der Waals surface area (Å²) in [6, 6.07) is 3.92. The van der Waals surface area contributed by atoms with Crippen molar-refractivity contribution >= 4 is 34.9 Å². The van der Waals surface area contributed by atoms with Gasteiger partial charge in [-0.3, -0.25) is 15.2 Å². The second-order valence-electron chi connectivity index (χ2n) is 3.09. The standard InChI is InChI=1S/C10H9ClN2O5/c11-6-1-2-7(8(5-6)13(17)18)12-9(14)3-4-10(15)16/h1-5,17-18H,(H,12,14)(H,15,16)/p-1. The zero-order valence-corrected chi connectivity index (χ0v) is 9.59. The first-order chi connectivity index (χ1) is 8.40. The maximum absolute atomic E-state index is 11.3. The summed E-state index contributed by atoms with van der Waals surface area (Å²) in [6.07, 6.45) is 1.27. The van der Waals surface area contributed by atoms with Gasteiger partial charge in [0.05, 0.1) is 11.7 Å². The summed E-state index contributed by atoms with van der Waals surface area (Å²) < 4.78 is 0. The topological polar surface area (TPSA) is 113 Å². The molecule has 1 aromatic carbocycles. The molecule has 0 unspecified atom stereocenters. The van der Waals surface area contributed by atoms with Crippen molar-refractivity contribution in [2.45, 2.75) is 0 Å². The number of nitrogens with zero attached hydrogens (tertiary/aromatic N) is 1. The molecule has 1 aromatic rings. The zero-order chi connectivity index (χ0) is 13.7. The van der Waals surface area contributed by atoms with Crippen LogP contribution in [0.3, 0.4) is 0 Å². The van der Waals surface area contributed by atoms with Gasteiger partial charge in [0, 0.05) is 11.1 Å². The van der Waals surface area contributed by atoms with E-state index in [2.05, 4.69) is 5.32 Å². The highest BCUT2D eigenvalue weighted by molar-refractivity contribution is 6.31. The molecule has 96 valence electrons. The Balaban J connectivity index is 2.90. The summed E-state index contributed by atoms with van der Waals surface area (Å²) in [5, 5.41) is 30.2. The summed E-state index contributed by atoms with van der Waals surface area (Å²) in [5.41, 5.74) is -0.130. The van der Waals surface area contributed by atoms with Crippen LogP contribution < -0.4 is 15.6 Å². The predicted molar refractivity (Wildman–Crippen MR) is 60.3 cm³/mol. The SMILES string of the molecule is O=C([O-])C=CC(=O)Nc1ccc(Cl)cc1N(O)O. The highest BCUT2D eigenvalue weighted by Crippen LogP contribution is 2.27. The summed E-state index contributed by atoms with van der Waals surface area (Å²) in [4.78, 5) is 21.4. The molecule has 0 atom stereocenters. The van der Waals surface area contributed by atoms with Crippen molar-refractivity contribution in [3.05, 3.63) is 35.4 Å². The number of carboxylic acids is 1. The molecular weight excluding hydrogens is 264 g/mol. The van der Waals surface area contributed by atoms with Gasteiger partial charge in [-0.1, -0.05) is 11.6 Å². The normalized spacial score (nSPS) is 10.4. The molecule has 0 saturated heterocycles. The maximum atomic E-state index is 11.3. The van der Waals surface area contributed by atoms with Crippen molar-refractivity contribution in [2.24, 2.45) is 0 Å². The smallest absolute Gasteiger partial charge is 0.248 e. The molecule has 8 heteroatoms. The average Bonchev–Trinajstić information content (AvgIpc) is 2.28. The highest BCUT2D eigenvalue weighted by atomic mass is 35.5. The quantitative estimate of drug-likeness (QED) is 0.531. The lowest BCUT2D eigenvalue weighted by atomic mass is 10.2. The van der Waals surface area contributed by atoms with E-state index in [1.54, 1.807) is 0 Å². The van der Waals surface area contributed by atoms with Crippen LogP contribution >= 0.6 is 11.6 Å². The van der Waals surface area contributed by atoms with Crippen molar-refractivity contribution in [2.75, 3.05) is 10.5 Å². The Hall–Kier alpha value is -2.09. The van der Waals surface area contributed by atoms with Crippen molar-refractivity contribution in [1.29, 1.82) is 0 Å². The van der Waals surface area contributed by atoms with Gasteiger partial charge in [-0.25, -0.2) is 0 Å². The Kier molecular flexibility index (Phi) is 4.67. The fourth-order valence-corrected chi connectivity index (χ4v) is 1.26. The average molecular weight is 272 g/mol. The van der Waals surface area contributed by atoms with Gasteiger partial charge in [0.15, 0.2) is 0 Å². The minimum atomic E-state index is -1.52. The van der Waals surface area contributed by atoms with Crippen LogP contribution in [-0.2, 0) is 9.59 Å². The lowest BCUT2D eigenvalue weighted by molar-refractivity contribution is -0.297. The maximum Gasteiger partial charge on any atom is 0.248 e. The van der Waals surface area contributed by atoms with Gasteiger partial charge < -0.3 is 15.2 Å². The molecule has 1 rings (SSSR count). The molecule has 0 fully saturated rings. The van der Waals surface area contributed by atoms with Gasteiger partial charge in [0.25, 0.3) is 0 Å². The molecule has 0 aliphatic rings. The van der Waals surface area contributed by atoms with Crippen LogP contribution in [0.15, 0.2) is 30.4 Å². The van der Waals surface area contributed by atoms with Gasteiger partial charge in [-0.05, 0) is 24.3 Å². The molecular formula is C10H8ClN2O5-. The lowest BCUT2D eigenvalue weighted by Gasteiger charge is -2.13. The molecule has 0 aliphatic carbocycles. The number of carbonyl (C=O) groups excluding carboxylic acids is 2. The first-order valence-electron chi connectivity index (χ1n) is 4.57. The molecule has 0 radical (unpaired) electrons. The van der Waals surface area contributed by atoms with E-state index in [1.807, 2.05) is 0 Å². The van der Waals surface area contributed by atoms with Crippen molar-refractivity contribution in [3.8, 4) is 0 Å². The zero-order valence-electron chi connectivity index (χ0n) is 8.83. The second kappa shape index (κ2) is 6.01. The minimum absolute atomic E-state index is 0.0393. The molecule has 0 heterocycles. The number of anilines is 2. The number of halogens is 1. The van der Waals surface area contributed by atoms with Gasteiger partial charge in [0.2, 0.25) is 5.91 Å². The van der Waals surface area contributed by atoms with E-state index in [0.717, 1.165) is 6.08 Å². The summed E-state index contributed by atoms with van der Waals surface area (Å²) in [5.74, 6) is -2.29. The number of carbonyl (C=O) groups is 2. The van der Waals surface area contributed by atoms with Crippen LogP contribution in [0.1, 0.15) is 0 Å². The third-order valence-electron chi connectivity index (χ3n) is 1.80. The number of nitrogens with one attached hydrogen (secondary N) is 1. The summed E-state index contributed by atoms with van der Waals surface area (Å²) in [6.45, 7) is 0.